The fourth-order valence-electron chi connectivity index (χ4n) is 1.63. The Hall–Kier alpha value is -1.20. The monoisotopic (exact) mass is 259 g/mol. The second kappa shape index (κ2) is 8.00. The first-order chi connectivity index (χ1) is 8.61. The maximum atomic E-state index is 11.9. The zero-order valence-corrected chi connectivity index (χ0v) is 10.4. The minimum atomic E-state index is -2.78. The lowest BCUT2D eigenvalue weighted by atomic mass is 10.1. The van der Waals surface area contributed by atoms with Crippen LogP contribution in [0.2, 0.25) is 0 Å². The Bertz CT molecular complexity index is 330. The first-order valence-electron chi connectivity index (χ1n) is 6.00. The number of aliphatic hydroxyl groups excluding tert-OH is 1. The maximum absolute atomic E-state index is 11.9. The molecule has 1 aromatic rings. The van der Waals surface area contributed by atoms with E-state index >= 15 is 0 Å². The Morgan fingerprint density at radius 3 is 2.50 bits per heavy atom. The van der Waals surface area contributed by atoms with Crippen LogP contribution >= 0.6 is 0 Å². The van der Waals surface area contributed by atoms with Gasteiger partial charge in [-0.3, -0.25) is 0 Å². The highest BCUT2D eigenvalue weighted by molar-refractivity contribution is 5.27. The van der Waals surface area contributed by atoms with Crippen LogP contribution < -0.4 is 10.1 Å². The molecule has 0 aromatic heterocycles. The van der Waals surface area contributed by atoms with Crippen molar-refractivity contribution in [3.8, 4) is 5.75 Å². The molecule has 1 aromatic carbocycles. The lowest BCUT2D eigenvalue weighted by Crippen LogP contribution is -2.29. The van der Waals surface area contributed by atoms with E-state index in [1.54, 1.807) is 24.3 Å². The van der Waals surface area contributed by atoms with E-state index in [2.05, 4.69) is 10.1 Å². The number of aryl methyl sites for hydroxylation is 1. The van der Waals surface area contributed by atoms with Crippen molar-refractivity contribution in [1.82, 2.24) is 5.32 Å². The lowest BCUT2D eigenvalue weighted by Gasteiger charge is -2.12. The SMILES string of the molecule is CC(CCc1ccc(OC(F)F)cc1)NCCO. The summed E-state index contributed by atoms with van der Waals surface area (Å²) >= 11 is 0. The van der Waals surface area contributed by atoms with Crippen LogP contribution in [0.3, 0.4) is 0 Å². The molecule has 3 nitrogen and oxygen atoms in total. The predicted octanol–water partition coefficient (Wildman–Crippen LogP) is 2.19. The van der Waals surface area contributed by atoms with Gasteiger partial charge in [0.05, 0.1) is 6.61 Å². The summed E-state index contributed by atoms with van der Waals surface area (Å²) in [5.74, 6) is 0.181. The number of ether oxygens (including phenoxy) is 1. The van der Waals surface area contributed by atoms with Gasteiger partial charge in [-0.2, -0.15) is 8.78 Å². The number of alkyl halides is 2. The average Bonchev–Trinajstić information content (AvgIpc) is 2.35. The zero-order valence-electron chi connectivity index (χ0n) is 10.4. The topological polar surface area (TPSA) is 41.5 Å². The second-order valence-electron chi connectivity index (χ2n) is 4.14. The van der Waals surface area contributed by atoms with Gasteiger partial charge in [-0.15, -0.1) is 0 Å². The van der Waals surface area contributed by atoms with Gasteiger partial charge in [0, 0.05) is 12.6 Å². The minimum Gasteiger partial charge on any atom is -0.435 e. The standard InChI is InChI=1S/C13H19F2NO2/c1-10(16-8-9-17)2-3-11-4-6-12(7-5-11)18-13(14)15/h4-7,10,13,16-17H,2-3,8-9H2,1H3. The van der Waals surface area contributed by atoms with Gasteiger partial charge in [-0.05, 0) is 37.5 Å². The second-order valence-corrected chi connectivity index (χ2v) is 4.14. The van der Waals surface area contributed by atoms with Crippen molar-refractivity contribution in [2.45, 2.75) is 32.4 Å². The predicted molar refractivity (Wildman–Crippen MR) is 65.9 cm³/mol. The van der Waals surface area contributed by atoms with Crippen LogP contribution in [0.5, 0.6) is 5.75 Å². The number of rotatable bonds is 8. The van der Waals surface area contributed by atoms with Crippen molar-refractivity contribution < 1.29 is 18.6 Å². The Labute approximate surface area is 106 Å². The summed E-state index contributed by atoms with van der Waals surface area (Å²) in [4.78, 5) is 0. The molecule has 102 valence electrons. The third-order valence-corrected chi connectivity index (χ3v) is 2.62. The van der Waals surface area contributed by atoms with E-state index in [4.69, 9.17) is 5.11 Å². The Balaban J connectivity index is 2.34. The minimum absolute atomic E-state index is 0.129. The summed E-state index contributed by atoms with van der Waals surface area (Å²) < 4.78 is 28.2. The third kappa shape index (κ3) is 5.93. The summed E-state index contributed by atoms with van der Waals surface area (Å²) in [5, 5.41) is 11.8. The number of nitrogens with one attached hydrogen (secondary N) is 1. The molecule has 0 aliphatic carbocycles. The highest BCUT2D eigenvalue weighted by atomic mass is 19.3. The molecule has 0 fully saturated rings. The van der Waals surface area contributed by atoms with Crippen molar-refractivity contribution in [2.24, 2.45) is 0 Å². The maximum Gasteiger partial charge on any atom is 0.387 e. The summed E-state index contributed by atoms with van der Waals surface area (Å²) in [6.07, 6.45) is 1.78. The summed E-state index contributed by atoms with van der Waals surface area (Å²) in [7, 11) is 0. The molecule has 0 amide bonds. The van der Waals surface area contributed by atoms with Crippen molar-refractivity contribution in [1.29, 1.82) is 0 Å². The molecule has 1 atom stereocenters. The molecule has 0 heterocycles. The number of hydrogen-bond donors (Lipinski definition) is 2. The first-order valence-corrected chi connectivity index (χ1v) is 6.00. The smallest absolute Gasteiger partial charge is 0.387 e. The van der Waals surface area contributed by atoms with E-state index in [1.165, 1.54) is 0 Å². The van der Waals surface area contributed by atoms with Crippen LogP contribution in [0.25, 0.3) is 0 Å². The van der Waals surface area contributed by atoms with Gasteiger partial charge in [-0.1, -0.05) is 12.1 Å². The summed E-state index contributed by atoms with van der Waals surface area (Å²) in [6.45, 7) is -0.0189. The molecule has 0 radical (unpaired) electrons. The number of hydrogen-bond acceptors (Lipinski definition) is 3. The van der Waals surface area contributed by atoms with E-state index in [9.17, 15) is 8.78 Å². The molecule has 0 spiro atoms. The molecular weight excluding hydrogens is 240 g/mol. The molecule has 0 aliphatic heterocycles. The molecule has 0 aliphatic rings. The number of aliphatic hydroxyl groups is 1. The van der Waals surface area contributed by atoms with Gasteiger partial charge in [0.15, 0.2) is 0 Å². The largest absolute Gasteiger partial charge is 0.435 e. The number of benzene rings is 1. The van der Waals surface area contributed by atoms with Gasteiger partial charge in [0.1, 0.15) is 5.75 Å². The molecule has 1 rings (SSSR count). The quantitative estimate of drug-likeness (QED) is 0.752. The highest BCUT2D eigenvalue weighted by Gasteiger charge is 2.05. The zero-order chi connectivity index (χ0) is 13.4. The molecule has 18 heavy (non-hydrogen) atoms. The fraction of sp³-hybridized carbons (Fsp3) is 0.538. The van der Waals surface area contributed by atoms with Gasteiger partial charge in [0.25, 0.3) is 0 Å². The Morgan fingerprint density at radius 1 is 1.28 bits per heavy atom. The lowest BCUT2D eigenvalue weighted by molar-refractivity contribution is -0.0498. The highest BCUT2D eigenvalue weighted by Crippen LogP contribution is 2.16. The summed E-state index contributed by atoms with van der Waals surface area (Å²) in [6, 6.07) is 6.99. The van der Waals surface area contributed by atoms with Gasteiger partial charge < -0.3 is 15.2 Å². The molecule has 0 bridgehead atoms. The van der Waals surface area contributed by atoms with E-state index in [1.807, 2.05) is 6.92 Å². The van der Waals surface area contributed by atoms with Crippen LogP contribution in [0.15, 0.2) is 24.3 Å². The third-order valence-electron chi connectivity index (χ3n) is 2.62. The molecule has 0 saturated heterocycles. The van der Waals surface area contributed by atoms with Crippen molar-refractivity contribution in [2.75, 3.05) is 13.2 Å². The molecule has 0 saturated carbocycles. The average molecular weight is 259 g/mol. The molecular formula is C13H19F2NO2. The van der Waals surface area contributed by atoms with Crippen LogP contribution in [0, 0.1) is 0 Å². The van der Waals surface area contributed by atoms with Crippen LogP contribution in [-0.4, -0.2) is 30.9 Å². The van der Waals surface area contributed by atoms with Gasteiger partial charge in [0.2, 0.25) is 0 Å². The van der Waals surface area contributed by atoms with Crippen LogP contribution in [-0.2, 0) is 6.42 Å². The van der Waals surface area contributed by atoms with Crippen LogP contribution in [0.1, 0.15) is 18.9 Å². The van der Waals surface area contributed by atoms with Gasteiger partial charge in [-0.25, -0.2) is 0 Å². The number of halogens is 2. The van der Waals surface area contributed by atoms with E-state index in [0.717, 1.165) is 18.4 Å². The van der Waals surface area contributed by atoms with E-state index in [0.29, 0.717) is 12.6 Å². The molecule has 2 N–H and O–H groups in total. The first kappa shape index (κ1) is 14.9. The van der Waals surface area contributed by atoms with E-state index < -0.39 is 6.61 Å². The van der Waals surface area contributed by atoms with Gasteiger partial charge >= 0.3 is 6.61 Å². The van der Waals surface area contributed by atoms with Crippen molar-refractivity contribution >= 4 is 0 Å². The normalized spacial score (nSPS) is 12.7. The van der Waals surface area contributed by atoms with Crippen LogP contribution in [0.4, 0.5) is 8.78 Å². The Morgan fingerprint density at radius 2 is 1.94 bits per heavy atom. The van der Waals surface area contributed by atoms with Crippen molar-refractivity contribution in [3.05, 3.63) is 29.8 Å². The molecule has 5 heteroatoms. The molecule has 1 unspecified atom stereocenters. The Kier molecular flexibility index (Phi) is 6.60. The summed E-state index contributed by atoms with van der Waals surface area (Å²) in [5.41, 5.74) is 1.08. The fourth-order valence-corrected chi connectivity index (χ4v) is 1.63. The van der Waals surface area contributed by atoms with Crippen molar-refractivity contribution in [3.63, 3.8) is 0 Å². The van der Waals surface area contributed by atoms with E-state index in [-0.39, 0.29) is 12.4 Å².